The molecule has 6 atom stereocenters. The van der Waals surface area contributed by atoms with Crippen LogP contribution in [0, 0.1) is 17.3 Å². The van der Waals surface area contributed by atoms with Crippen LogP contribution in [0.1, 0.15) is 48.0 Å². The largest absolute Gasteiger partial charge is 0.391 e. The second-order valence-electron chi connectivity index (χ2n) is 6.68. The van der Waals surface area contributed by atoms with Gasteiger partial charge in [-0.05, 0) is 24.2 Å². The Morgan fingerprint density at radius 2 is 1.47 bits per heavy atom. The summed E-state index contributed by atoms with van der Waals surface area (Å²) < 4.78 is 5.46. The van der Waals surface area contributed by atoms with E-state index in [-0.39, 0.29) is 23.4 Å². The fraction of sp³-hybridized carbons (Fsp3) is 1.00. The van der Waals surface area contributed by atoms with Crippen molar-refractivity contribution in [2.75, 3.05) is 7.11 Å². The molecule has 0 aromatic carbocycles. The van der Waals surface area contributed by atoms with Gasteiger partial charge in [0, 0.05) is 7.11 Å². The topological polar surface area (TPSA) is 69.9 Å². The fourth-order valence-corrected chi connectivity index (χ4v) is 2.85. The van der Waals surface area contributed by atoms with Crippen LogP contribution in [-0.4, -0.2) is 46.8 Å². The summed E-state index contributed by atoms with van der Waals surface area (Å²) >= 11 is 0. The molecule has 4 nitrogen and oxygen atoms in total. The summed E-state index contributed by atoms with van der Waals surface area (Å²) in [6, 6.07) is 0. The van der Waals surface area contributed by atoms with Crippen LogP contribution in [0.3, 0.4) is 0 Å². The first-order chi connectivity index (χ1) is 8.57. The summed E-state index contributed by atoms with van der Waals surface area (Å²) in [5.74, 6) is -0.311. The third kappa shape index (κ3) is 5.03. The molecule has 3 N–H and O–H groups in total. The Morgan fingerprint density at radius 3 is 1.74 bits per heavy atom. The standard InChI is InChI=1S/C15H32O4/c1-8-11(9(2)12(17)10(3)16)13(18)14(19-7)15(4,5)6/h9-14,16-18H,8H2,1-7H3. The van der Waals surface area contributed by atoms with E-state index in [2.05, 4.69) is 0 Å². The molecule has 0 bridgehead atoms. The van der Waals surface area contributed by atoms with Crippen molar-refractivity contribution in [3.05, 3.63) is 0 Å². The Bertz CT molecular complexity index is 247. The van der Waals surface area contributed by atoms with Gasteiger partial charge in [-0.25, -0.2) is 0 Å². The molecule has 0 saturated carbocycles. The Kier molecular flexibility index (Phi) is 7.51. The lowest BCUT2D eigenvalue weighted by Crippen LogP contribution is -2.48. The second-order valence-corrected chi connectivity index (χ2v) is 6.68. The number of hydrogen-bond donors (Lipinski definition) is 3. The zero-order valence-corrected chi connectivity index (χ0v) is 13.4. The first kappa shape index (κ1) is 18.8. The molecule has 0 aromatic rings. The summed E-state index contributed by atoms with van der Waals surface area (Å²) in [5.41, 5.74) is -0.183. The Morgan fingerprint density at radius 1 is 1.00 bits per heavy atom. The molecule has 0 radical (unpaired) electrons. The summed E-state index contributed by atoms with van der Waals surface area (Å²) in [5, 5.41) is 30.1. The van der Waals surface area contributed by atoms with Gasteiger partial charge in [0.25, 0.3) is 0 Å². The van der Waals surface area contributed by atoms with Crippen LogP contribution < -0.4 is 0 Å². The highest BCUT2D eigenvalue weighted by molar-refractivity contribution is 4.89. The van der Waals surface area contributed by atoms with E-state index in [1.54, 1.807) is 14.0 Å². The zero-order chi connectivity index (χ0) is 15.4. The highest BCUT2D eigenvalue weighted by atomic mass is 16.5. The highest BCUT2D eigenvalue weighted by Crippen LogP contribution is 2.33. The number of hydrogen-bond acceptors (Lipinski definition) is 4. The van der Waals surface area contributed by atoms with Gasteiger partial charge in [-0.15, -0.1) is 0 Å². The van der Waals surface area contributed by atoms with E-state index < -0.39 is 18.3 Å². The SMILES string of the molecule is CCC(C(C)C(O)C(C)O)C(O)C(OC)C(C)(C)C. The predicted octanol–water partition coefficient (Wildman–Crippen LogP) is 1.81. The van der Waals surface area contributed by atoms with Crippen molar-refractivity contribution in [1.29, 1.82) is 0 Å². The second kappa shape index (κ2) is 7.58. The molecule has 0 aliphatic carbocycles. The zero-order valence-electron chi connectivity index (χ0n) is 13.4. The number of rotatable bonds is 7. The number of aliphatic hydroxyl groups is 3. The summed E-state index contributed by atoms with van der Waals surface area (Å²) in [4.78, 5) is 0. The minimum atomic E-state index is -0.836. The molecular formula is C15H32O4. The van der Waals surface area contributed by atoms with Crippen molar-refractivity contribution in [2.45, 2.75) is 72.4 Å². The molecule has 0 aromatic heterocycles. The van der Waals surface area contributed by atoms with Crippen molar-refractivity contribution in [1.82, 2.24) is 0 Å². The lowest BCUT2D eigenvalue weighted by molar-refractivity contribution is -0.119. The number of aliphatic hydroxyl groups excluding tert-OH is 3. The van der Waals surface area contributed by atoms with E-state index in [1.165, 1.54) is 0 Å². The van der Waals surface area contributed by atoms with Gasteiger partial charge >= 0.3 is 0 Å². The van der Waals surface area contributed by atoms with Crippen LogP contribution in [-0.2, 0) is 4.74 Å². The smallest absolute Gasteiger partial charge is 0.0881 e. The minimum absolute atomic E-state index is 0.117. The first-order valence-corrected chi connectivity index (χ1v) is 7.14. The lowest BCUT2D eigenvalue weighted by atomic mass is 9.74. The molecule has 0 fully saturated rings. The van der Waals surface area contributed by atoms with Crippen molar-refractivity contribution < 1.29 is 20.1 Å². The third-order valence-electron chi connectivity index (χ3n) is 4.04. The van der Waals surface area contributed by atoms with Gasteiger partial charge in [-0.2, -0.15) is 0 Å². The first-order valence-electron chi connectivity index (χ1n) is 7.14. The molecule has 4 heteroatoms. The Balaban J connectivity index is 5.03. The quantitative estimate of drug-likeness (QED) is 0.663. The molecule has 0 aliphatic heterocycles. The Labute approximate surface area is 117 Å². The van der Waals surface area contributed by atoms with Crippen molar-refractivity contribution in [2.24, 2.45) is 17.3 Å². The predicted molar refractivity (Wildman–Crippen MR) is 76.9 cm³/mol. The molecular weight excluding hydrogens is 244 g/mol. The maximum absolute atomic E-state index is 10.6. The molecule has 0 heterocycles. The Hall–Kier alpha value is -0.160. The lowest BCUT2D eigenvalue weighted by Gasteiger charge is -2.40. The summed E-state index contributed by atoms with van der Waals surface area (Å²) in [6.45, 7) is 11.5. The van der Waals surface area contributed by atoms with Crippen molar-refractivity contribution in [3.8, 4) is 0 Å². The van der Waals surface area contributed by atoms with Gasteiger partial charge in [0.1, 0.15) is 0 Å². The fourth-order valence-electron chi connectivity index (χ4n) is 2.85. The molecule has 0 rings (SSSR count). The van der Waals surface area contributed by atoms with Gasteiger partial charge in [-0.1, -0.05) is 41.0 Å². The van der Waals surface area contributed by atoms with Crippen LogP contribution >= 0.6 is 0 Å². The van der Waals surface area contributed by atoms with E-state index in [9.17, 15) is 15.3 Å². The van der Waals surface area contributed by atoms with E-state index >= 15 is 0 Å². The van der Waals surface area contributed by atoms with Gasteiger partial charge in [0.05, 0.1) is 24.4 Å². The monoisotopic (exact) mass is 276 g/mol. The molecule has 0 spiro atoms. The van der Waals surface area contributed by atoms with Gasteiger partial charge in [0.2, 0.25) is 0 Å². The molecule has 6 unspecified atom stereocenters. The van der Waals surface area contributed by atoms with Crippen molar-refractivity contribution in [3.63, 3.8) is 0 Å². The van der Waals surface area contributed by atoms with Crippen LogP contribution in [0.5, 0.6) is 0 Å². The van der Waals surface area contributed by atoms with E-state index in [0.29, 0.717) is 0 Å². The number of methoxy groups -OCH3 is 1. The minimum Gasteiger partial charge on any atom is -0.391 e. The third-order valence-corrected chi connectivity index (χ3v) is 4.04. The van der Waals surface area contributed by atoms with Gasteiger partial charge in [-0.3, -0.25) is 0 Å². The highest BCUT2D eigenvalue weighted by Gasteiger charge is 2.39. The average molecular weight is 276 g/mol. The van der Waals surface area contributed by atoms with Gasteiger partial charge < -0.3 is 20.1 Å². The van der Waals surface area contributed by atoms with Crippen LogP contribution in [0.2, 0.25) is 0 Å². The maximum Gasteiger partial charge on any atom is 0.0881 e. The molecule has 0 saturated heterocycles. The van der Waals surface area contributed by atoms with Crippen LogP contribution in [0.25, 0.3) is 0 Å². The summed E-state index contributed by atoms with van der Waals surface area (Å²) in [6.07, 6.45) is -1.88. The average Bonchev–Trinajstić information content (AvgIpc) is 2.27. The van der Waals surface area contributed by atoms with E-state index in [1.807, 2.05) is 34.6 Å². The number of ether oxygens (including phenoxy) is 1. The normalized spacial score (nSPS) is 22.4. The van der Waals surface area contributed by atoms with Crippen molar-refractivity contribution >= 4 is 0 Å². The van der Waals surface area contributed by atoms with Gasteiger partial charge in [0.15, 0.2) is 0 Å². The molecule has 0 aliphatic rings. The maximum atomic E-state index is 10.6. The summed E-state index contributed by atoms with van der Waals surface area (Å²) in [7, 11) is 1.60. The van der Waals surface area contributed by atoms with Crippen LogP contribution in [0.4, 0.5) is 0 Å². The molecule has 116 valence electrons. The molecule has 0 amide bonds. The van der Waals surface area contributed by atoms with Crippen LogP contribution in [0.15, 0.2) is 0 Å². The molecule has 19 heavy (non-hydrogen) atoms. The van der Waals surface area contributed by atoms with E-state index in [4.69, 9.17) is 4.74 Å². The van der Waals surface area contributed by atoms with E-state index in [0.717, 1.165) is 6.42 Å².